The van der Waals surface area contributed by atoms with Crippen LogP contribution in [-0.2, 0) is 6.54 Å². The van der Waals surface area contributed by atoms with Crippen molar-refractivity contribution in [3.8, 4) is 22.9 Å². The Balaban J connectivity index is 1.61. The highest BCUT2D eigenvalue weighted by molar-refractivity contribution is 5.94. The summed E-state index contributed by atoms with van der Waals surface area (Å²) in [5, 5.41) is 7.07. The van der Waals surface area contributed by atoms with E-state index in [0.717, 1.165) is 11.1 Å². The van der Waals surface area contributed by atoms with Gasteiger partial charge < -0.3 is 19.5 Å². The predicted octanol–water partition coefficient (Wildman–Crippen LogP) is 2.21. The molecule has 0 spiro atoms. The van der Waals surface area contributed by atoms with Crippen molar-refractivity contribution in [1.82, 2.24) is 15.1 Å². The van der Waals surface area contributed by atoms with Gasteiger partial charge in [-0.3, -0.25) is 9.59 Å². The van der Waals surface area contributed by atoms with Gasteiger partial charge in [-0.15, -0.1) is 0 Å². The van der Waals surface area contributed by atoms with E-state index in [1.165, 1.54) is 17.9 Å². The highest BCUT2D eigenvalue weighted by Crippen LogP contribution is 2.32. The number of carbonyl (C=O) groups excluding carboxylic acids is 1. The summed E-state index contributed by atoms with van der Waals surface area (Å²) in [7, 11) is 1.39. The monoisotopic (exact) mass is 393 g/mol. The SMILES string of the molecule is COc1cc(=O)n(-c2ccccc2C)nc1C(=O)NCc1ccc2c(c1)OCO2. The zero-order valence-corrected chi connectivity index (χ0v) is 16.0. The van der Waals surface area contributed by atoms with Crippen molar-refractivity contribution in [1.29, 1.82) is 0 Å². The van der Waals surface area contributed by atoms with E-state index in [2.05, 4.69) is 10.4 Å². The van der Waals surface area contributed by atoms with Gasteiger partial charge in [0.15, 0.2) is 22.9 Å². The number of benzene rings is 2. The number of hydrogen-bond acceptors (Lipinski definition) is 6. The number of methoxy groups -OCH3 is 1. The average molecular weight is 393 g/mol. The van der Waals surface area contributed by atoms with Crippen molar-refractivity contribution in [2.24, 2.45) is 0 Å². The Hall–Kier alpha value is -3.81. The molecule has 1 aliphatic heterocycles. The zero-order chi connectivity index (χ0) is 20.4. The molecule has 0 aliphatic carbocycles. The molecule has 2 aromatic carbocycles. The molecule has 1 aliphatic rings. The minimum Gasteiger partial charge on any atom is -0.494 e. The first kappa shape index (κ1) is 18.5. The number of fused-ring (bicyclic) bond motifs is 1. The number of rotatable bonds is 5. The minimum absolute atomic E-state index is 0.0242. The molecule has 1 amide bonds. The van der Waals surface area contributed by atoms with Crippen molar-refractivity contribution in [2.75, 3.05) is 13.9 Å². The lowest BCUT2D eigenvalue weighted by Crippen LogP contribution is -2.30. The highest BCUT2D eigenvalue weighted by atomic mass is 16.7. The Morgan fingerprint density at radius 1 is 1.17 bits per heavy atom. The summed E-state index contributed by atoms with van der Waals surface area (Å²) in [6.45, 7) is 2.31. The maximum absolute atomic E-state index is 12.8. The largest absolute Gasteiger partial charge is 0.494 e. The fraction of sp³-hybridized carbons (Fsp3) is 0.190. The molecule has 8 heteroatoms. The molecule has 8 nitrogen and oxygen atoms in total. The first-order valence-corrected chi connectivity index (χ1v) is 8.98. The average Bonchev–Trinajstić information content (AvgIpc) is 3.20. The fourth-order valence-electron chi connectivity index (χ4n) is 3.04. The van der Waals surface area contributed by atoms with E-state index in [1.54, 1.807) is 18.2 Å². The summed E-state index contributed by atoms with van der Waals surface area (Å²) in [5.74, 6) is 0.971. The highest BCUT2D eigenvalue weighted by Gasteiger charge is 2.19. The van der Waals surface area contributed by atoms with Gasteiger partial charge in [0, 0.05) is 6.54 Å². The van der Waals surface area contributed by atoms with Gasteiger partial charge in [0.2, 0.25) is 6.79 Å². The topological polar surface area (TPSA) is 91.7 Å². The van der Waals surface area contributed by atoms with Gasteiger partial charge in [0.1, 0.15) is 0 Å². The number of amides is 1. The zero-order valence-electron chi connectivity index (χ0n) is 16.0. The van der Waals surface area contributed by atoms with Crippen LogP contribution < -0.4 is 25.1 Å². The van der Waals surface area contributed by atoms with Crippen LogP contribution in [0.2, 0.25) is 0 Å². The van der Waals surface area contributed by atoms with Crippen molar-refractivity contribution in [3.63, 3.8) is 0 Å². The van der Waals surface area contributed by atoms with Crippen molar-refractivity contribution >= 4 is 5.91 Å². The lowest BCUT2D eigenvalue weighted by molar-refractivity contribution is 0.0940. The Labute approximate surface area is 166 Å². The van der Waals surface area contributed by atoms with E-state index >= 15 is 0 Å². The molecular formula is C21H19N3O5. The lowest BCUT2D eigenvalue weighted by atomic mass is 10.2. The third-order valence-electron chi connectivity index (χ3n) is 4.57. The van der Waals surface area contributed by atoms with E-state index in [9.17, 15) is 9.59 Å². The van der Waals surface area contributed by atoms with E-state index in [-0.39, 0.29) is 30.3 Å². The normalized spacial score (nSPS) is 11.9. The van der Waals surface area contributed by atoms with Crippen LogP contribution in [0.1, 0.15) is 21.6 Å². The quantitative estimate of drug-likeness (QED) is 0.715. The molecule has 148 valence electrons. The molecule has 0 unspecified atom stereocenters. The maximum atomic E-state index is 12.8. The van der Waals surface area contributed by atoms with Crippen molar-refractivity contribution in [2.45, 2.75) is 13.5 Å². The summed E-state index contributed by atoms with van der Waals surface area (Å²) < 4.78 is 17.0. The van der Waals surface area contributed by atoms with Gasteiger partial charge in [-0.1, -0.05) is 24.3 Å². The predicted molar refractivity (Wildman–Crippen MR) is 105 cm³/mol. The minimum atomic E-state index is -0.457. The smallest absolute Gasteiger partial charge is 0.275 e. The van der Waals surface area contributed by atoms with Crippen LogP contribution in [0.3, 0.4) is 0 Å². The van der Waals surface area contributed by atoms with E-state index in [0.29, 0.717) is 17.2 Å². The molecule has 2 heterocycles. The molecule has 0 bridgehead atoms. The molecule has 0 radical (unpaired) electrons. The van der Waals surface area contributed by atoms with Gasteiger partial charge in [-0.05, 0) is 36.2 Å². The summed E-state index contributed by atoms with van der Waals surface area (Å²) >= 11 is 0. The molecule has 29 heavy (non-hydrogen) atoms. The number of aryl methyl sites for hydroxylation is 1. The number of hydrogen-bond donors (Lipinski definition) is 1. The molecule has 1 N–H and O–H groups in total. The first-order chi connectivity index (χ1) is 14.1. The van der Waals surface area contributed by atoms with Gasteiger partial charge >= 0.3 is 0 Å². The van der Waals surface area contributed by atoms with Crippen LogP contribution in [0.5, 0.6) is 17.2 Å². The Bertz CT molecular complexity index is 1140. The molecule has 1 aromatic heterocycles. The molecule has 0 atom stereocenters. The van der Waals surface area contributed by atoms with Crippen LogP contribution in [-0.4, -0.2) is 29.6 Å². The van der Waals surface area contributed by atoms with Gasteiger partial charge in [-0.25, -0.2) is 0 Å². The van der Waals surface area contributed by atoms with Crippen molar-refractivity contribution < 1.29 is 19.0 Å². The summed E-state index contributed by atoms with van der Waals surface area (Å²) in [5.41, 5.74) is 1.94. The number of aromatic nitrogens is 2. The molecule has 0 saturated heterocycles. The Morgan fingerprint density at radius 2 is 1.97 bits per heavy atom. The second-order valence-corrected chi connectivity index (χ2v) is 6.47. The van der Waals surface area contributed by atoms with Crippen LogP contribution in [0.4, 0.5) is 0 Å². The summed E-state index contributed by atoms with van der Waals surface area (Å²) in [6, 6.07) is 14.0. The molecular weight excluding hydrogens is 374 g/mol. The van der Waals surface area contributed by atoms with Crippen molar-refractivity contribution in [3.05, 3.63) is 75.7 Å². The molecule has 0 saturated carbocycles. The van der Waals surface area contributed by atoms with Crippen LogP contribution in [0, 0.1) is 6.92 Å². The summed E-state index contributed by atoms with van der Waals surface area (Å²) in [6.07, 6.45) is 0. The fourth-order valence-corrected chi connectivity index (χ4v) is 3.04. The van der Waals surface area contributed by atoms with E-state index in [4.69, 9.17) is 14.2 Å². The second kappa shape index (κ2) is 7.67. The number of ether oxygens (including phenoxy) is 3. The van der Waals surface area contributed by atoms with Crippen LogP contribution in [0.25, 0.3) is 5.69 Å². The first-order valence-electron chi connectivity index (χ1n) is 8.98. The standard InChI is InChI=1S/C21H19N3O5/c1-13-5-3-4-6-15(13)24-19(25)10-18(27-2)20(23-24)21(26)22-11-14-7-8-16-17(9-14)29-12-28-16/h3-10H,11-12H2,1-2H3,(H,22,26). The molecule has 0 fully saturated rings. The molecule has 3 aromatic rings. The van der Waals surface area contributed by atoms with Gasteiger partial charge in [-0.2, -0.15) is 9.78 Å². The number of carbonyl (C=O) groups is 1. The van der Waals surface area contributed by atoms with Gasteiger partial charge in [0.25, 0.3) is 11.5 Å². The third-order valence-corrected chi connectivity index (χ3v) is 4.57. The van der Waals surface area contributed by atoms with Crippen LogP contribution in [0.15, 0.2) is 53.3 Å². The van der Waals surface area contributed by atoms with Gasteiger partial charge in [0.05, 0.1) is 18.9 Å². The Kier molecular flexibility index (Phi) is 4.90. The van der Waals surface area contributed by atoms with E-state index < -0.39 is 5.91 Å². The third kappa shape index (κ3) is 3.64. The number of para-hydroxylation sites is 1. The molecule has 4 rings (SSSR count). The number of nitrogens with one attached hydrogen (secondary N) is 1. The number of nitrogens with zero attached hydrogens (tertiary/aromatic N) is 2. The van der Waals surface area contributed by atoms with Crippen LogP contribution >= 0.6 is 0 Å². The Morgan fingerprint density at radius 3 is 2.76 bits per heavy atom. The maximum Gasteiger partial charge on any atom is 0.275 e. The summed E-state index contributed by atoms with van der Waals surface area (Å²) in [4.78, 5) is 25.3. The second-order valence-electron chi connectivity index (χ2n) is 6.47. The lowest BCUT2D eigenvalue weighted by Gasteiger charge is -2.13. The van der Waals surface area contributed by atoms with E-state index in [1.807, 2.05) is 31.2 Å².